The molecule has 0 atom stereocenters. The highest BCUT2D eigenvalue weighted by Gasteiger charge is 2.40. The Labute approximate surface area is 170 Å². The number of sulfonamides is 1. The molecule has 0 saturated carbocycles. The number of hydrogen-bond donors (Lipinski definition) is 1. The highest BCUT2D eigenvalue weighted by Crippen LogP contribution is 2.43. The standard InChI is InChI=1S/C19H13ClF3N3O2S/c1-2-11-26-18(19(21,22)23)16(12-3-7-14(20)8-4-12)17(25-26)13-5-9-15(10-6-13)29(24,27)28/h1,3-10H,11H2,(H2,24,27,28). The fourth-order valence-electron chi connectivity index (χ4n) is 2.85. The Morgan fingerprint density at radius 3 is 2.10 bits per heavy atom. The summed E-state index contributed by atoms with van der Waals surface area (Å²) in [5.41, 5.74) is -0.703. The van der Waals surface area contributed by atoms with E-state index in [9.17, 15) is 21.6 Å². The fraction of sp³-hybridized carbons (Fsp3) is 0.105. The molecule has 1 aromatic heterocycles. The monoisotopic (exact) mass is 439 g/mol. The average Bonchev–Trinajstić information content (AvgIpc) is 3.02. The molecule has 1 heterocycles. The van der Waals surface area contributed by atoms with Gasteiger partial charge in [-0.3, -0.25) is 0 Å². The first-order chi connectivity index (χ1) is 13.5. The normalized spacial score (nSPS) is 12.0. The van der Waals surface area contributed by atoms with Gasteiger partial charge in [0.05, 0.1) is 4.90 Å². The lowest BCUT2D eigenvalue weighted by atomic mass is 9.98. The van der Waals surface area contributed by atoms with Gasteiger partial charge >= 0.3 is 6.18 Å². The second-order valence-corrected chi connectivity index (χ2v) is 8.01. The summed E-state index contributed by atoms with van der Waals surface area (Å²) < 4.78 is 65.3. The van der Waals surface area contributed by atoms with Gasteiger partial charge < -0.3 is 0 Å². The van der Waals surface area contributed by atoms with Crippen LogP contribution in [0.2, 0.25) is 5.02 Å². The lowest BCUT2D eigenvalue weighted by Crippen LogP contribution is -2.15. The van der Waals surface area contributed by atoms with Crippen LogP contribution >= 0.6 is 11.6 Å². The van der Waals surface area contributed by atoms with Gasteiger partial charge in [0.15, 0.2) is 5.69 Å². The van der Waals surface area contributed by atoms with E-state index in [4.69, 9.17) is 23.2 Å². The number of nitrogens with zero attached hydrogens (tertiary/aromatic N) is 2. The summed E-state index contributed by atoms with van der Waals surface area (Å²) in [7, 11) is -3.95. The zero-order valence-electron chi connectivity index (χ0n) is 14.6. The highest BCUT2D eigenvalue weighted by atomic mass is 35.5. The summed E-state index contributed by atoms with van der Waals surface area (Å²) in [5, 5.41) is 9.50. The molecule has 10 heteroatoms. The third-order valence-corrected chi connectivity index (χ3v) is 5.23. The second-order valence-electron chi connectivity index (χ2n) is 6.01. The van der Waals surface area contributed by atoms with Gasteiger partial charge in [0.25, 0.3) is 0 Å². The van der Waals surface area contributed by atoms with Crippen LogP contribution in [-0.2, 0) is 22.7 Å². The first kappa shape index (κ1) is 20.9. The minimum atomic E-state index is -4.74. The Balaban J connectivity index is 2.31. The maximum absolute atomic E-state index is 13.9. The van der Waals surface area contributed by atoms with Gasteiger partial charge in [-0.1, -0.05) is 41.8 Å². The number of primary sulfonamides is 1. The summed E-state index contributed by atoms with van der Waals surface area (Å²) in [6, 6.07) is 10.9. The molecule has 2 aromatic carbocycles. The van der Waals surface area contributed by atoms with Crippen molar-refractivity contribution in [2.45, 2.75) is 17.6 Å². The van der Waals surface area contributed by atoms with Gasteiger partial charge in [-0.15, -0.1) is 6.42 Å². The number of nitrogens with two attached hydrogens (primary N) is 1. The van der Waals surface area contributed by atoms with Crippen LogP contribution in [0.1, 0.15) is 5.69 Å². The number of hydrogen-bond acceptors (Lipinski definition) is 3. The molecular weight excluding hydrogens is 427 g/mol. The van der Waals surface area contributed by atoms with E-state index >= 15 is 0 Å². The van der Waals surface area contributed by atoms with Crippen LogP contribution in [0.25, 0.3) is 22.4 Å². The van der Waals surface area contributed by atoms with Gasteiger partial charge in [0.2, 0.25) is 10.0 Å². The van der Waals surface area contributed by atoms with E-state index in [1.54, 1.807) is 0 Å². The molecule has 2 N–H and O–H groups in total. The summed E-state index contributed by atoms with van der Waals surface area (Å²) in [6.45, 7) is -0.398. The zero-order valence-corrected chi connectivity index (χ0v) is 16.2. The van der Waals surface area contributed by atoms with Crippen molar-refractivity contribution in [1.29, 1.82) is 0 Å². The van der Waals surface area contributed by atoms with E-state index in [2.05, 4.69) is 11.0 Å². The Bertz CT molecular complexity index is 1190. The number of terminal acetylenes is 1. The van der Waals surface area contributed by atoms with Crippen LogP contribution in [0.4, 0.5) is 13.2 Å². The van der Waals surface area contributed by atoms with Crippen LogP contribution in [0.5, 0.6) is 0 Å². The maximum Gasteiger partial charge on any atom is 0.433 e. The number of aromatic nitrogens is 2. The van der Waals surface area contributed by atoms with Gasteiger partial charge in [-0.05, 0) is 29.8 Å². The molecule has 150 valence electrons. The minimum Gasteiger partial charge on any atom is -0.247 e. The molecule has 0 bridgehead atoms. The van der Waals surface area contributed by atoms with Gasteiger partial charge in [-0.25, -0.2) is 18.2 Å². The van der Waals surface area contributed by atoms with Gasteiger partial charge in [0, 0.05) is 16.1 Å². The minimum absolute atomic E-state index is 0.00383. The van der Waals surface area contributed by atoms with Crippen LogP contribution in [0.3, 0.4) is 0 Å². The molecule has 0 radical (unpaired) electrons. The third-order valence-electron chi connectivity index (χ3n) is 4.05. The molecule has 0 aliphatic carbocycles. The van der Waals surface area contributed by atoms with Crippen molar-refractivity contribution in [3.63, 3.8) is 0 Å². The van der Waals surface area contributed by atoms with Crippen LogP contribution in [0, 0.1) is 12.3 Å². The van der Waals surface area contributed by atoms with E-state index in [1.807, 2.05) is 0 Å². The van der Waals surface area contributed by atoms with E-state index in [1.165, 1.54) is 48.5 Å². The van der Waals surface area contributed by atoms with Crippen molar-refractivity contribution >= 4 is 21.6 Å². The molecular formula is C19H13ClF3N3O2S. The Morgan fingerprint density at radius 2 is 1.62 bits per heavy atom. The van der Waals surface area contributed by atoms with Crippen LogP contribution < -0.4 is 5.14 Å². The largest absolute Gasteiger partial charge is 0.433 e. The number of benzene rings is 2. The van der Waals surface area contributed by atoms with E-state index in [0.29, 0.717) is 9.70 Å². The molecule has 0 aliphatic heterocycles. The third kappa shape index (κ3) is 4.29. The molecule has 0 fully saturated rings. The molecule has 3 rings (SSSR count). The fourth-order valence-corrected chi connectivity index (χ4v) is 3.49. The molecule has 0 unspecified atom stereocenters. The average molecular weight is 440 g/mol. The van der Waals surface area contributed by atoms with Crippen molar-refractivity contribution < 1.29 is 21.6 Å². The lowest BCUT2D eigenvalue weighted by Gasteiger charge is -2.12. The van der Waals surface area contributed by atoms with E-state index < -0.39 is 28.4 Å². The second kappa shape index (κ2) is 7.55. The molecule has 0 spiro atoms. The summed E-state index contributed by atoms with van der Waals surface area (Å²) in [4.78, 5) is -0.173. The highest BCUT2D eigenvalue weighted by molar-refractivity contribution is 7.89. The topological polar surface area (TPSA) is 78.0 Å². The van der Waals surface area contributed by atoms with E-state index in [0.717, 1.165) is 0 Å². The summed E-state index contributed by atoms with van der Waals surface area (Å²) >= 11 is 5.86. The molecule has 3 aromatic rings. The van der Waals surface area contributed by atoms with E-state index in [-0.39, 0.29) is 27.3 Å². The molecule has 0 saturated heterocycles. The summed E-state index contributed by atoms with van der Waals surface area (Å²) in [5.74, 6) is 2.16. The predicted octanol–water partition coefficient (Wildman–Crippen LogP) is 4.17. The molecule has 29 heavy (non-hydrogen) atoms. The Kier molecular flexibility index (Phi) is 5.45. The van der Waals surface area contributed by atoms with Crippen LogP contribution in [0.15, 0.2) is 53.4 Å². The first-order valence-electron chi connectivity index (χ1n) is 8.03. The Hall–Kier alpha value is -2.80. The number of halogens is 4. The SMILES string of the molecule is C#CCn1nc(-c2ccc(S(N)(=O)=O)cc2)c(-c2ccc(Cl)cc2)c1C(F)(F)F. The van der Waals surface area contributed by atoms with Crippen molar-refractivity contribution in [3.05, 3.63) is 59.2 Å². The number of rotatable bonds is 4. The quantitative estimate of drug-likeness (QED) is 0.620. The summed E-state index contributed by atoms with van der Waals surface area (Å²) in [6.07, 6.45) is 0.482. The predicted molar refractivity (Wildman–Crippen MR) is 103 cm³/mol. The lowest BCUT2D eigenvalue weighted by molar-refractivity contribution is -0.143. The van der Waals surface area contributed by atoms with Gasteiger partial charge in [0.1, 0.15) is 12.2 Å². The van der Waals surface area contributed by atoms with Crippen molar-refractivity contribution in [3.8, 4) is 34.7 Å². The molecule has 5 nitrogen and oxygen atoms in total. The van der Waals surface area contributed by atoms with Crippen LogP contribution in [-0.4, -0.2) is 18.2 Å². The number of alkyl halides is 3. The zero-order chi connectivity index (χ0) is 21.4. The first-order valence-corrected chi connectivity index (χ1v) is 9.95. The van der Waals surface area contributed by atoms with Crippen molar-refractivity contribution in [2.75, 3.05) is 0 Å². The smallest absolute Gasteiger partial charge is 0.247 e. The Morgan fingerprint density at radius 1 is 1.07 bits per heavy atom. The van der Waals surface area contributed by atoms with Crippen molar-refractivity contribution in [2.24, 2.45) is 5.14 Å². The molecule has 0 aliphatic rings. The van der Waals surface area contributed by atoms with Crippen molar-refractivity contribution in [1.82, 2.24) is 9.78 Å². The molecule has 0 amide bonds. The van der Waals surface area contributed by atoms with Gasteiger partial charge in [-0.2, -0.15) is 18.3 Å². The maximum atomic E-state index is 13.9.